The van der Waals surface area contributed by atoms with Gasteiger partial charge in [0, 0.05) is 0 Å². The van der Waals surface area contributed by atoms with Crippen molar-refractivity contribution in [3.63, 3.8) is 0 Å². The molecule has 3 rings (SSSR count). The molecule has 0 bridgehead atoms. The van der Waals surface area contributed by atoms with E-state index in [1.165, 1.54) is 11.0 Å². The number of ether oxygens (including phenoxy) is 1. The van der Waals surface area contributed by atoms with Crippen LogP contribution in [-0.4, -0.2) is 32.1 Å². The minimum Gasteiger partial charge on any atom is -0.457 e. The molecule has 0 fully saturated rings. The van der Waals surface area contributed by atoms with Crippen LogP contribution in [0.4, 0.5) is 5.69 Å². The molecule has 9 nitrogen and oxygen atoms in total. The number of aromatic nitrogens is 4. The van der Waals surface area contributed by atoms with Gasteiger partial charge in [-0.1, -0.05) is 24.3 Å². The molecule has 3 aromatic rings. The van der Waals surface area contributed by atoms with Crippen LogP contribution in [0.2, 0.25) is 0 Å². The highest BCUT2D eigenvalue weighted by atomic mass is 16.5. The monoisotopic (exact) mass is 362 g/mol. The van der Waals surface area contributed by atoms with Crippen LogP contribution >= 0.6 is 0 Å². The molecule has 0 aliphatic heterocycles. The molecular weight excluding hydrogens is 348 g/mol. The Balaban J connectivity index is 1.66. The van der Waals surface area contributed by atoms with E-state index in [0.717, 1.165) is 0 Å². The number of rotatable bonds is 6. The van der Waals surface area contributed by atoms with Crippen molar-refractivity contribution in [3.05, 3.63) is 71.5 Å². The summed E-state index contributed by atoms with van der Waals surface area (Å²) >= 11 is 0. The van der Waals surface area contributed by atoms with Gasteiger partial charge in [0.1, 0.15) is 19.5 Å². The van der Waals surface area contributed by atoms with Gasteiger partial charge in [0.25, 0.3) is 0 Å². The summed E-state index contributed by atoms with van der Waals surface area (Å²) in [5.74, 6) is -0.972. The predicted molar refractivity (Wildman–Crippen MR) is 93.2 cm³/mol. The van der Waals surface area contributed by atoms with Crippen LogP contribution < -0.4 is 5.32 Å². The Morgan fingerprint density at radius 3 is 2.81 bits per heavy atom. The van der Waals surface area contributed by atoms with Gasteiger partial charge in [-0.05, 0) is 40.3 Å². The molecule has 27 heavy (non-hydrogen) atoms. The van der Waals surface area contributed by atoms with Crippen LogP contribution in [0.1, 0.15) is 21.5 Å². The molecule has 0 unspecified atom stereocenters. The number of nitrogens with one attached hydrogen (secondary N) is 1. The first-order valence-corrected chi connectivity index (χ1v) is 7.91. The van der Waals surface area contributed by atoms with Crippen LogP contribution in [0, 0.1) is 11.3 Å². The number of nitrogens with zero attached hydrogens (tertiary/aromatic N) is 5. The van der Waals surface area contributed by atoms with Crippen molar-refractivity contribution in [2.45, 2.75) is 13.2 Å². The lowest BCUT2D eigenvalue weighted by Crippen LogP contribution is -2.21. The molecule has 2 aromatic carbocycles. The van der Waals surface area contributed by atoms with E-state index in [1.807, 2.05) is 6.07 Å². The zero-order valence-corrected chi connectivity index (χ0v) is 14.1. The van der Waals surface area contributed by atoms with E-state index in [4.69, 9.17) is 10.00 Å². The molecule has 1 heterocycles. The quantitative estimate of drug-likeness (QED) is 0.660. The zero-order valence-electron chi connectivity index (χ0n) is 14.1. The lowest BCUT2D eigenvalue weighted by atomic mass is 10.1. The summed E-state index contributed by atoms with van der Waals surface area (Å²) in [7, 11) is 0. The largest absolute Gasteiger partial charge is 0.457 e. The third-order valence-corrected chi connectivity index (χ3v) is 3.54. The highest BCUT2D eigenvalue weighted by Gasteiger charge is 2.15. The van der Waals surface area contributed by atoms with E-state index >= 15 is 0 Å². The standard InChI is InChI=1S/C18H14N6O3/c19-9-13-4-3-5-14(8-13)11-27-18(26)15-6-1-2-7-16(15)21-17(25)10-24-12-20-22-23-24/h1-8,12H,10-11H2,(H,21,25). The van der Waals surface area contributed by atoms with Gasteiger partial charge in [-0.15, -0.1) is 5.10 Å². The summed E-state index contributed by atoms with van der Waals surface area (Å²) in [5, 5.41) is 22.1. The van der Waals surface area contributed by atoms with Crippen LogP contribution in [-0.2, 0) is 22.7 Å². The van der Waals surface area contributed by atoms with Gasteiger partial charge in [0.05, 0.1) is 22.9 Å². The first-order valence-electron chi connectivity index (χ1n) is 7.91. The summed E-state index contributed by atoms with van der Waals surface area (Å²) in [6, 6.07) is 15.3. The molecule has 0 spiro atoms. The molecule has 134 valence electrons. The van der Waals surface area contributed by atoms with Gasteiger partial charge < -0.3 is 10.1 Å². The molecule has 0 atom stereocenters. The summed E-state index contributed by atoms with van der Waals surface area (Å²) in [6.45, 7) is -0.0708. The van der Waals surface area contributed by atoms with Gasteiger partial charge in [-0.25, -0.2) is 9.48 Å². The minimum atomic E-state index is -0.587. The van der Waals surface area contributed by atoms with Crippen LogP contribution in [0.15, 0.2) is 54.9 Å². The fraction of sp³-hybridized carbons (Fsp3) is 0.111. The zero-order chi connectivity index (χ0) is 19.1. The van der Waals surface area contributed by atoms with E-state index < -0.39 is 5.97 Å². The first-order chi connectivity index (χ1) is 13.2. The molecule has 0 saturated heterocycles. The third-order valence-electron chi connectivity index (χ3n) is 3.54. The fourth-order valence-corrected chi connectivity index (χ4v) is 2.32. The second kappa shape index (κ2) is 8.35. The molecule has 9 heteroatoms. The number of hydrogen-bond acceptors (Lipinski definition) is 7. The van der Waals surface area contributed by atoms with E-state index in [0.29, 0.717) is 16.8 Å². The Morgan fingerprint density at radius 2 is 2.04 bits per heavy atom. The Labute approximate surface area is 154 Å². The average molecular weight is 362 g/mol. The molecule has 1 aromatic heterocycles. The van der Waals surface area contributed by atoms with Crippen LogP contribution in [0.3, 0.4) is 0 Å². The highest BCUT2D eigenvalue weighted by molar-refractivity contribution is 6.01. The third kappa shape index (κ3) is 4.73. The minimum absolute atomic E-state index is 0.0151. The van der Waals surface area contributed by atoms with Gasteiger partial charge in [0.15, 0.2) is 0 Å². The number of esters is 1. The molecule has 1 amide bonds. The summed E-state index contributed by atoms with van der Waals surface area (Å²) < 4.78 is 6.57. The Kier molecular flexibility index (Phi) is 5.49. The Bertz CT molecular complexity index is 994. The Morgan fingerprint density at radius 1 is 1.19 bits per heavy atom. The van der Waals surface area contributed by atoms with Crippen LogP contribution in [0.5, 0.6) is 0 Å². The first kappa shape index (κ1) is 17.8. The van der Waals surface area contributed by atoms with Crippen molar-refractivity contribution >= 4 is 17.6 Å². The number of anilines is 1. The Hall–Kier alpha value is -4.06. The smallest absolute Gasteiger partial charge is 0.340 e. The number of amides is 1. The van der Waals surface area contributed by atoms with Crippen molar-refractivity contribution in [3.8, 4) is 6.07 Å². The van der Waals surface area contributed by atoms with E-state index in [1.54, 1.807) is 48.5 Å². The van der Waals surface area contributed by atoms with Gasteiger partial charge >= 0.3 is 5.97 Å². The maximum Gasteiger partial charge on any atom is 0.340 e. The summed E-state index contributed by atoms with van der Waals surface area (Å²) in [4.78, 5) is 24.5. The molecule has 1 N–H and O–H groups in total. The maximum absolute atomic E-state index is 12.4. The number of nitriles is 1. The van der Waals surface area contributed by atoms with Crippen molar-refractivity contribution in [1.29, 1.82) is 5.26 Å². The number of hydrogen-bond donors (Lipinski definition) is 1. The van der Waals surface area contributed by atoms with Gasteiger partial charge in [-0.3, -0.25) is 4.79 Å². The van der Waals surface area contributed by atoms with E-state index in [2.05, 4.69) is 20.8 Å². The van der Waals surface area contributed by atoms with Crippen molar-refractivity contribution < 1.29 is 14.3 Å². The van der Waals surface area contributed by atoms with Crippen molar-refractivity contribution in [2.75, 3.05) is 5.32 Å². The van der Waals surface area contributed by atoms with Gasteiger partial charge in [0.2, 0.25) is 5.91 Å². The molecule has 0 aliphatic rings. The maximum atomic E-state index is 12.4. The van der Waals surface area contributed by atoms with Gasteiger partial charge in [-0.2, -0.15) is 5.26 Å². The molecule has 0 aliphatic carbocycles. The topological polar surface area (TPSA) is 123 Å². The second-order valence-corrected chi connectivity index (χ2v) is 5.49. The molecule has 0 radical (unpaired) electrons. The number of benzene rings is 2. The summed E-state index contributed by atoms with van der Waals surface area (Å²) in [6.07, 6.45) is 1.31. The summed E-state index contributed by atoms with van der Waals surface area (Å²) in [5.41, 5.74) is 1.73. The van der Waals surface area contributed by atoms with Crippen molar-refractivity contribution in [1.82, 2.24) is 20.2 Å². The van der Waals surface area contributed by atoms with E-state index in [-0.39, 0.29) is 24.6 Å². The number of tetrazole rings is 1. The normalized spacial score (nSPS) is 10.0. The average Bonchev–Trinajstić information content (AvgIpc) is 3.19. The van der Waals surface area contributed by atoms with E-state index in [9.17, 15) is 9.59 Å². The fourth-order valence-electron chi connectivity index (χ4n) is 2.32. The highest BCUT2D eigenvalue weighted by Crippen LogP contribution is 2.17. The molecular formula is C18H14N6O3. The second-order valence-electron chi connectivity index (χ2n) is 5.49. The molecule has 0 saturated carbocycles. The lowest BCUT2D eigenvalue weighted by Gasteiger charge is -2.11. The number of carbonyl (C=O) groups excluding carboxylic acids is 2. The number of carbonyl (C=O) groups is 2. The number of para-hydroxylation sites is 1. The predicted octanol–water partition coefficient (Wildman–Crippen LogP) is 1.54. The van der Waals surface area contributed by atoms with Crippen LogP contribution in [0.25, 0.3) is 0 Å². The SMILES string of the molecule is N#Cc1cccc(COC(=O)c2ccccc2NC(=O)Cn2cnnn2)c1. The van der Waals surface area contributed by atoms with Crippen molar-refractivity contribution in [2.24, 2.45) is 0 Å². The lowest BCUT2D eigenvalue weighted by molar-refractivity contribution is -0.116.